The highest BCUT2D eigenvalue weighted by molar-refractivity contribution is 5.75. The highest BCUT2D eigenvalue weighted by atomic mass is 16.5. The van der Waals surface area contributed by atoms with Gasteiger partial charge in [-0.3, -0.25) is 4.79 Å². The summed E-state index contributed by atoms with van der Waals surface area (Å²) in [7, 11) is 1.64. The lowest BCUT2D eigenvalue weighted by Gasteiger charge is -2.19. The number of benzene rings is 2. The second-order valence-electron chi connectivity index (χ2n) is 7.35. The number of rotatable bonds is 8. The number of hydrogen-bond donors (Lipinski definition) is 1. The molecule has 2 aromatic rings. The van der Waals surface area contributed by atoms with E-state index in [0.717, 1.165) is 17.1 Å². The first-order chi connectivity index (χ1) is 12.4. The minimum absolute atomic E-state index is 0.0347. The Balaban J connectivity index is 1.65. The fourth-order valence-corrected chi connectivity index (χ4v) is 2.51. The Morgan fingerprint density at radius 1 is 0.962 bits per heavy atom. The van der Waals surface area contributed by atoms with Crippen molar-refractivity contribution in [3.8, 4) is 11.5 Å². The van der Waals surface area contributed by atoms with Crippen LogP contribution in [-0.2, 0) is 16.8 Å². The van der Waals surface area contributed by atoms with Crippen molar-refractivity contribution in [1.29, 1.82) is 0 Å². The van der Waals surface area contributed by atoms with Gasteiger partial charge in [0.2, 0.25) is 5.91 Å². The summed E-state index contributed by atoms with van der Waals surface area (Å²) in [6.07, 6.45) is 1.14. The zero-order valence-corrected chi connectivity index (χ0v) is 16.2. The van der Waals surface area contributed by atoms with Crippen molar-refractivity contribution in [2.45, 2.75) is 45.6 Å². The van der Waals surface area contributed by atoms with Gasteiger partial charge in [-0.25, -0.2) is 0 Å². The molecule has 0 unspecified atom stereocenters. The molecular weight excluding hydrogens is 326 g/mol. The predicted octanol–water partition coefficient (Wildman–Crippen LogP) is 4.47. The van der Waals surface area contributed by atoms with Crippen molar-refractivity contribution in [2.75, 3.05) is 13.7 Å². The van der Waals surface area contributed by atoms with E-state index >= 15 is 0 Å². The van der Waals surface area contributed by atoms with E-state index in [1.54, 1.807) is 7.11 Å². The molecule has 0 saturated carbocycles. The van der Waals surface area contributed by atoms with Crippen LogP contribution >= 0.6 is 0 Å². The molecule has 140 valence electrons. The van der Waals surface area contributed by atoms with E-state index in [-0.39, 0.29) is 11.3 Å². The van der Waals surface area contributed by atoms with E-state index in [2.05, 4.69) is 38.2 Å². The summed E-state index contributed by atoms with van der Waals surface area (Å²) in [5, 5.41) is 2.92. The number of hydrogen-bond acceptors (Lipinski definition) is 3. The smallest absolute Gasteiger partial charge is 0.220 e. The Hall–Kier alpha value is -2.49. The average Bonchev–Trinajstić information content (AvgIpc) is 2.63. The minimum atomic E-state index is 0.0347. The van der Waals surface area contributed by atoms with Crippen molar-refractivity contribution in [1.82, 2.24) is 5.32 Å². The van der Waals surface area contributed by atoms with E-state index in [1.807, 2.05) is 36.4 Å². The van der Waals surface area contributed by atoms with Crippen molar-refractivity contribution in [2.24, 2.45) is 0 Å². The van der Waals surface area contributed by atoms with Crippen LogP contribution in [-0.4, -0.2) is 19.6 Å². The van der Waals surface area contributed by atoms with Crippen LogP contribution in [0.15, 0.2) is 48.5 Å². The summed E-state index contributed by atoms with van der Waals surface area (Å²) in [6.45, 7) is 7.62. The van der Waals surface area contributed by atoms with Gasteiger partial charge in [-0.2, -0.15) is 0 Å². The first kappa shape index (κ1) is 19.8. The largest absolute Gasteiger partial charge is 0.497 e. The van der Waals surface area contributed by atoms with Crippen LogP contribution in [0.25, 0.3) is 0 Å². The second kappa shape index (κ2) is 9.27. The second-order valence-corrected chi connectivity index (χ2v) is 7.35. The van der Waals surface area contributed by atoms with Crippen LogP contribution in [0.2, 0.25) is 0 Å². The number of carbonyl (C=O) groups is 1. The summed E-state index contributed by atoms with van der Waals surface area (Å²) < 4.78 is 10.8. The van der Waals surface area contributed by atoms with Crippen LogP contribution in [0.1, 0.15) is 44.7 Å². The lowest BCUT2D eigenvalue weighted by atomic mass is 9.87. The summed E-state index contributed by atoms with van der Waals surface area (Å²) in [6, 6.07) is 15.8. The van der Waals surface area contributed by atoms with Crippen LogP contribution < -0.4 is 14.8 Å². The molecule has 0 aliphatic carbocycles. The van der Waals surface area contributed by atoms with Gasteiger partial charge >= 0.3 is 0 Å². The van der Waals surface area contributed by atoms with Crippen molar-refractivity contribution < 1.29 is 14.3 Å². The van der Waals surface area contributed by atoms with Gasteiger partial charge in [-0.1, -0.05) is 45.0 Å². The van der Waals surface area contributed by atoms with Gasteiger partial charge < -0.3 is 14.8 Å². The Kier molecular flexibility index (Phi) is 7.07. The molecule has 2 rings (SSSR count). The highest BCUT2D eigenvalue weighted by Crippen LogP contribution is 2.24. The quantitative estimate of drug-likeness (QED) is 0.711. The maximum absolute atomic E-state index is 11.9. The molecule has 4 heteroatoms. The molecule has 0 spiro atoms. The molecule has 4 nitrogen and oxygen atoms in total. The molecule has 1 amide bonds. The van der Waals surface area contributed by atoms with Gasteiger partial charge in [0.15, 0.2) is 0 Å². The third kappa shape index (κ3) is 6.43. The van der Waals surface area contributed by atoms with E-state index in [4.69, 9.17) is 9.47 Å². The van der Waals surface area contributed by atoms with E-state index in [1.165, 1.54) is 5.56 Å². The summed E-state index contributed by atoms with van der Waals surface area (Å²) in [5.74, 6) is 1.69. The van der Waals surface area contributed by atoms with Crippen LogP contribution in [0, 0.1) is 0 Å². The average molecular weight is 355 g/mol. The summed E-state index contributed by atoms with van der Waals surface area (Å²) in [5.41, 5.74) is 2.47. The fraction of sp³-hybridized carbons (Fsp3) is 0.409. The van der Waals surface area contributed by atoms with Crippen LogP contribution in [0.3, 0.4) is 0 Å². The first-order valence-electron chi connectivity index (χ1n) is 9.01. The third-order valence-corrected chi connectivity index (χ3v) is 4.19. The Bertz CT molecular complexity index is 685. The molecule has 0 atom stereocenters. The predicted molar refractivity (Wildman–Crippen MR) is 105 cm³/mol. The SMILES string of the molecule is COc1ccc(CNC(=O)CCCOc2ccc(C(C)(C)C)cc2)cc1. The number of amides is 1. The number of carbonyl (C=O) groups excluding carboxylic acids is 1. The lowest BCUT2D eigenvalue weighted by molar-refractivity contribution is -0.121. The molecule has 0 saturated heterocycles. The normalized spacial score (nSPS) is 11.1. The number of methoxy groups -OCH3 is 1. The first-order valence-corrected chi connectivity index (χ1v) is 9.01. The molecule has 0 aliphatic rings. The number of ether oxygens (including phenoxy) is 2. The van der Waals surface area contributed by atoms with Crippen LogP contribution in [0.4, 0.5) is 0 Å². The summed E-state index contributed by atoms with van der Waals surface area (Å²) >= 11 is 0. The molecule has 0 bridgehead atoms. The van der Waals surface area contributed by atoms with Gasteiger partial charge in [0, 0.05) is 13.0 Å². The molecule has 0 heterocycles. The van der Waals surface area contributed by atoms with Crippen molar-refractivity contribution in [3.05, 3.63) is 59.7 Å². The van der Waals surface area contributed by atoms with Gasteiger partial charge in [-0.05, 0) is 47.2 Å². The number of nitrogens with one attached hydrogen (secondary N) is 1. The Morgan fingerprint density at radius 3 is 2.15 bits per heavy atom. The fourth-order valence-electron chi connectivity index (χ4n) is 2.51. The van der Waals surface area contributed by atoms with Crippen LogP contribution in [0.5, 0.6) is 11.5 Å². The maximum Gasteiger partial charge on any atom is 0.220 e. The topological polar surface area (TPSA) is 47.6 Å². The minimum Gasteiger partial charge on any atom is -0.497 e. The van der Waals surface area contributed by atoms with E-state index in [9.17, 15) is 4.79 Å². The molecule has 26 heavy (non-hydrogen) atoms. The standard InChI is InChI=1S/C22H29NO3/c1-22(2,3)18-9-13-20(14-10-18)26-15-5-6-21(24)23-16-17-7-11-19(25-4)12-8-17/h7-14H,5-6,15-16H2,1-4H3,(H,23,24). The Labute approximate surface area is 156 Å². The zero-order valence-electron chi connectivity index (χ0n) is 16.2. The monoisotopic (exact) mass is 355 g/mol. The molecule has 0 fully saturated rings. The third-order valence-electron chi connectivity index (χ3n) is 4.19. The highest BCUT2D eigenvalue weighted by Gasteiger charge is 2.12. The molecule has 1 N–H and O–H groups in total. The van der Waals surface area contributed by atoms with Gasteiger partial charge in [0.25, 0.3) is 0 Å². The van der Waals surface area contributed by atoms with Gasteiger partial charge in [0.05, 0.1) is 13.7 Å². The van der Waals surface area contributed by atoms with Gasteiger partial charge in [-0.15, -0.1) is 0 Å². The van der Waals surface area contributed by atoms with Gasteiger partial charge in [0.1, 0.15) is 11.5 Å². The van der Waals surface area contributed by atoms with E-state index in [0.29, 0.717) is 26.0 Å². The molecular formula is C22H29NO3. The molecule has 0 aliphatic heterocycles. The zero-order chi connectivity index (χ0) is 19.0. The lowest BCUT2D eigenvalue weighted by Crippen LogP contribution is -2.22. The maximum atomic E-state index is 11.9. The van der Waals surface area contributed by atoms with E-state index < -0.39 is 0 Å². The molecule has 2 aromatic carbocycles. The van der Waals surface area contributed by atoms with Crippen molar-refractivity contribution in [3.63, 3.8) is 0 Å². The summed E-state index contributed by atoms with van der Waals surface area (Å²) in [4.78, 5) is 11.9. The molecule has 0 radical (unpaired) electrons. The van der Waals surface area contributed by atoms with Crippen molar-refractivity contribution >= 4 is 5.91 Å². The molecule has 0 aromatic heterocycles. The Morgan fingerprint density at radius 2 is 1.58 bits per heavy atom.